The topological polar surface area (TPSA) is 79.5 Å². The summed E-state index contributed by atoms with van der Waals surface area (Å²) in [6.45, 7) is 0.642. The molecule has 2 heterocycles. The molecule has 0 spiro atoms. The molecule has 0 amide bonds. The molecule has 0 saturated heterocycles. The van der Waals surface area contributed by atoms with Crippen molar-refractivity contribution in [3.63, 3.8) is 0 Å². The summed E-state index contributed by atoms with van der Waals surface area (Å²) in [5.74, 6) is -0.794. The fraction of sp³-hybridized carbons (Fsp3) is 0.167. The SMILES string of the molecule is CN(Cc1cccs1)c1cnc(N)cc1C(=O)O. The molecule has 2 aromatic rings. The summed E-state index contributed by atoms with van der Waals surface area (Å²) >= 11 is 1.63. The molecular formula is C12H13N3O2S. The highest BCUT2D eigenvalue weighted by Crippen LogP contribution is 2.23. The first-order chi connectivity index (χ1) is 8.58. The maximum absolute atomic E-state index is 11.2. The summed E-state index contributed by atoms with van der Waals surface area (Å²) in [4.78, 5) is 18.1. The van der Waals surface area contributed by atoms with Gasteiger partial charge in [0.15, 0.2) is 0 Å². The number of aromatic nitrogens is 1. The lowest BCUT2D eigenvalue weighted by Crippen LogP contribution is -2.19. The molecule has 0 aliphatic heterocycles. The minimum atomic E-state index is -1.00. The summed E-state index contributed by atoms with van der Waals surface area (Å²) < 4.78 is 0. The number of hydrogen-bond acceptors (Lipinski definition) is 5. The first kappa shape index (κ1) is 12.4. The van der Waals surface area contributed by atoms with E-state index in [1.807, 2.05) is 29.5 Å². The summed E-state index contributed by atoms with van der Waals surface area (Å²) in [6, 6.07) is 5.35. The largest absolute Gasteiger partial charge is 0.478 e. The normalized spacial score (nSPS) is 10.3. The van der Waals surface area contributed by atoms with Gasteiger partial charge in [-0.15, -0.1) is 11.3 Å². The average Bonchev–Trinajstić information content (AvgIpc) is 2.81. The first-order valence-electron chi connectivity index (χ1n) is 5.30. The number of thiophene rings is 1. The Kier molecular flexibility index (Phi) is 3.47. The van der Waals surface area contributed by atoms with Crippen molar-refractivity contribution in [2.75, 3.05) is 17.7 Å². The van der Waals surface area contributed by atoms with E-state index in [-0.39, 0.29) is 11.4 Å². The lowest BCUT2D eigenvalue weighted by molar-refractivity contribution is 0.0697. The number of carboxylic acid groups (broad SMARTS) is 1. The van der Waals surface area contributed by atoms with Crippen LogP contribution in [0.25, 0.3) is 0 Å². The third-order valence-corrected chi connectivity index (χ3v) is 3.38. The van der Waals surface area contributed by atoms with E-state index < -0.39 is 5.97 Å². The highest BCUT2D eigenvalue weighted by molar-refractivity contribution is 7.09. The summed E-state index contributed by atoms with van der Waals surface area (Å²) in [6.07, 6.45) is 1.49. The van der Waals surface area contributed by atoms with Gasteiger partial charge >= 0.3 is 5.97 Å². The predicted octanol–water partition coefficient (Wildman–Crippen LogP) is 2.06. The maximum atomic E-state index is 11.2. The number of aromatic carboxylic acids is 1. The predicted molar refractivity (Wildman–Crippen MR) is 72.0 cm³/mol. The highest BCUT2D eigenvalue weighted by Gasteiger charge is 2.15. The van der Waals surface area contributed by atoms with E-state index >= 15 is 0 Å². The summed E-state index contributed by atoms with van der Waals surface area (Å²) in [5, 5.41) is 11.1. The van der Waals surface area contributed by atoms with E-state index in [9.17, 15) is 4.79 Å². The molecule has 0 unspecified atom stereocenters. The minimum Gasteiger partial charge on any atom is -0.478 e. The molecule has 6 heteroatoms. The molecule has 2 aromatic heterocycles. The van der Waals surface area contributed by atoms with Crippen molar-refractivity contribution < 1.29 is 9.90 Å². The number of rotatable bonds is 4. The molecule has 0 saturated carbocycles. The average molecular weight is 263 g/mol. The number of nitrogen functional groups attached to an aromatic ring is 1. The van der Waals surface area contributed by atoms with Gasteiger partial charge in [0.25, 0.3) is 0 Å². The highest BCUT2D eigenvalue weighted by atomic mass is 32.1. The molecule has 2 rings (SSSR count). The molecule has 0 bridgehead atoms. The lowest BCUT2D eigenvalue weighted by atomic mass is 10.2. The van der Waals surface area contributed by atoms with Crippen molar-refractivity contribution in [1.29, 1.82) is 0 Å². The van der Waals surface area contributed by atoms with Gasteiger partial charge in [-0.25, -0.2) is 9.78 Å². The van der Waals surface area contributed by atoms with Crippen LogP contribution in [-0.2, 0) is 6.54 Å². The van der Waals surface area contributed by atoms with Crippen molar-refractivity contribution >= 4 is 28.8 Å². The zero-order chi connectivity index (χ0) is 13.1. The molecule has 0 atom stereocenters. The quantitative estimate of drug-likeness (QED) is 0.882. The Balaban J connectivity index is 2.29. The zero-order valence-electron chi connectivity index (χ0n) is 9.83. The summed E-state index contributed by atoms with van der Waals surface area (Å²) in [5.41, 5.74) is 6.24. The smallest absolute Gasteiger partial charge is 0.338 e. The van der Waals surface area contributed by atoms with Crippen LogP contribution in [0.1, 0.15) is 15.2 Å². The molecule has 3 N–H and O–H groups in total. The Morgan fingerprint density at radius 2 is 2.39 bits per heavy atom. The number of hydrogen-bond donors (Lipinski definition) is 2. The standard InChI is InChI=1S/C12H13N3O2S/c1-15(7-8-3-2-4-18-8)10-6-14-11(13)5-9(10)12(16)17/h2-6H,7H2,1H3,(H2,13,14)(H,16,17). The third-order valence-electron chi connectivity index (χ3n) is 2.52. The van der Waals surface area contributed by atoms with Crippen LogP contribution in [0.4, 0.5) is 11.5 Å². The van der Waals surface area contributed by atoms with Gasteiger partial charge in [-0.3, -0.25) is 0 Å². The Morgan fingerprint density at radius 3 is 3.00 bits per heavy atom. The van der Waals surface area contributed by atoms with Crippen LogP contribution in [0.15, 0.2) is 29.8 Å². The molecule has 94 valence electrons. The van der Waals surface area contributed by atoms with Gasteiger partial charge in [0.1, 0.15) is 5.82 Å². The van der Waals surface area contributed by atoms with Gasteiger partial charge in [0.05, 0.1) is 24.0 Å². The van der Waals surface area contributed by atoms with Gasteiger partial charge in [-0.2, -0.15) is 0 Å². The fourth-order valence-electron chi connectivity index (χ4n) is 1.66. The molecule has 0 radical (unpaired) electrons. The van der Waals surface area contributed by atoms with Crippen LogP contribution in [-0.4, -0.2) is 23.1 Å². The number of carbonyl (C=O) groups is 1. The number of pyridine rings is 1. The maximum Gasteiger partial charge on any atom is 0.338 e. The number of nitrogens with two attached hydrogens (primary N) is 1. The second-order valence-corrected chi connectivity index (χ2v) is 4.90. The van der Waals surface area contributed by atoms with E-state index in [1.165, 1.54) is 12.3 Å². The van der Waals surface area contributed by atoms with Gasteiger partial charge in [0, 0.05) is 11.9 Å². The minimum absolute atomic E-state index is 0.168. The van der Waals surface area contributed by atoms with E-state index in [1.54, 1.807) is 11.3 Å². The Morgan fingerprint density at radius 1 is 1.61 bits per heavy atom. The van der Waals surface area contributed by atoms with Crippen molar-refractivity contribution in [2.45, 2.75) is 6.54 Å². The zero-order valence-corrected chi connectivity index (χ0v) is 10.6. The van der Waals surface area contributed by atoms with E-state index in [0.29, 0.717) is 12.2 Å². The first-order valence-corrected chi connectivity index (χ1v) is 6.18. The molecule has 0 aliphatic carbocycles. The van der Waals surface area contributed by atoms with Crippen molar-refractivity contribution in [2.24, 2.45) is 0 Å². The van der Waals surface area contributed by atoms with Crippen molar-refractivity contribution in [1.82, 2.24) is 4.98 Å². The van der Waals surface area contributed by atoms with Crippen LogP contribution in [0.3, 0.4) is 0 Å². The molecule has 0 fully saturated rings. The van der Waals surface area contributed by atoms with E-state index in [0.717, 1.165) is 4.88 Å². The fourth-order valence-corrected chi connectivity index (χ4v) is 2.42. The molecule has 18 heavy (non-hydrogen) atoms. The van der Waals surface area contributed by atoms with Crippen LogP contribution in [0.5, 0.6) is 0 Å². The van der Waals surface area contributed by atoms with Crippen LogP contribution >= 0.6 is 11.3 Å². The monoisotopic (exact) mass is 263 g/mol. The molecule has 0 aromatic carbocycles. The van der Waals surface area contributed by atoms with Crippen LogP contribution < -0.4 is 10.6 Å². The number of carboxylic acids is 1. The van der Waals surface area contributed by atoms with Crippen molar-refractivity contribution in [3.05, 3.63) is 40.2 Å². The summed E-state index contributed by atoms with van der Waals surface area (Å²) in [7, 11) is 1.83. The second-order valence-electron chi connectivity index (χ2n) is 3.87. The van der Waals surface area contributed by atoms with E-state index in [2.05, 4.69) is 4.98 Å². The second kappa shape index (κ2) is 5.05. The van der Waals surface area contributed by atoms with Gasteiger partial charge in [-0.1, -0.05) is 6.07 Å². The van der Waals surface area contributed by atoms with Crippen molar-refractivity contribution in [3.8, 4) is 0 Å². The Bertz CT molecular complexity index is 554. The third kappa shape index (κ3) is 2.60. The van der Waals surface area contributed by atoms with Gasteiger partial charge in [-0.05, 0) is 17.5 Å². The molecular weight excluding hydrogens is 250 g/mol. The molecule has 5 nitrogen and oxygen atoms in total. The van der Waals surface area contributed by atoms with Crippen LogP contribution in [0.2, 0.25) is 0 Å². The number of anilines is 2. The Hall–Kier alpha value is -2.08. The van der Waals surface area contributed by atoms with Gasteiger partial charge in [0.2, 0.25) is 0 Å². The van der Waals surface area contributed by atoms with E-state index in [4.69, 9.17) is 10.8 Å². The number of nitrogens with zero attached hydrogens (tertiary/aromatic N) is 2. The van der Waals surface area contributed by atoms with Gasteiger partial charge < -0.3 is 15.7 Å². The van der Waals surface area contributed by atoms with Crippen LogP contribution in [0, 0.1) is 0 Å². The lowest BCUT2D eigenvalue weighted by Gasteiger charge is -2.20. The molecule has 0 aliphatic rings. The Labute approximate surface area is 108 Å².